The molecular weight excluding hydrogens is 268 g/mol. The Hall–Kier alpha value is -1.45. The minimum atomic E-state index is -0.699. The van der Waals surface area contributed by atoms with Gasteiger partial charge in [0.05, 0.1) is 0 Å². The first-order valence-electron chi connectivity index (χ1n) is 5.87. The van der Waals surface area contributed by atoms with E-state index in [1.54, 1.807) is 18.2 Å². The van der Waals surface area contributed by atoms with Crippen molar-refractivity contribution in [1.82, 2.24) is 0 Å². The monoisotopic (exact) mass is 281 g/mol. The average Bonchev–Trinajstić information content (AvgIpc) is 2.33. The van der Waals surface area contributed by atoms with Crippen LogP contribution in [0.3, 0.4) is 0 Å². The molecule has 0 saturated carbocycles. The van der Waals surface area contributed by atoms with Crippen LogP contribution in [-0.2, 0) is 12.0 Å². The van der Waals surface area contributed by atoms with Crippen LogP contribution in [0.15, 0.2) is 42.5 Å². The molecule has 0 heterocycles. The first kappa shape index (κ1) is 14.0. The number of halogens is 3. The summed E-state index contributed by atoms with van der Waals surface area (Å²) in [5.41, 5.74) is 7.11. The zero-order valence-electron chi connectivity index (χ0n) is 10.5. The van der Waals surface area contributed by atoms with Gasteiger partial charge in [-0.1, -0.05) is 29.8 Å². The Morgan fingerprint density at radius 2 is 1.63 bits per heavy atom. The third-order valence-corrected chi connectivity index (χ3v) is 3.43. The molecule has 0 fully saturated rings. The summed E-state index contributed by atoms with van der Waals surface area (Å²) in [6.45, 7) is 1.83. The Labute approximate surface area is 116 Å². The molecule has 0 spiro atoms. The normalized spacial score (nSPS) is 14.2. The maximum absolute atomic E-state index is 13.0. The van der Waals surface area contributed by atoms with Crippen LogP contribution in [0.2, 0.25) is 5.02 Å². The molecule has 0 amide bonds. The fraction of sp³-hybridized carbons (Fsp3) is 0.200. The van der Waals surface area contributed by atoms with Crippen LogP contribution in [0, 0.1) is 11.6 Å². The summed E-state index contributed by atoms with van der Waals surface area (Å²) in [7, 11) is 0. The van der Waals surface area contributed by atoms with Gasteiger partial charge in [0.25, 0.3) is 0 Å². The number of rotatable bonds is 3. The highest BCUT2D eigenvalue weighted by Crippen LogP contribution is 2.27. The standard InChI is InChI=1S/C15H14ClF2N/c1-15(19,11-3-6-12(17)7-4-11)9-10-2-5-13(18)8-14(10)16/h2-8H,9,19H2,1H3. The number of nitrogens with two attached hydrogens (primary N) is 1. The van der Waals surface area contributed by atoms with Gasteiger partial charge >= 0.3 is 0 Å². The third-order valence-electron chi connectivity index (χ3n) is 3.08. The van der Waals surface area contributed by atoms with Gasteiger partial charge in [0, 0.05) is 10.6 Å². The Kier molecular flexibility index (Phi) is 3.88. The zero-order valence-corrected chi connectivity index (χ0v) is 11.2. The summed E-state index contributed by atoms with van der Waals surface area (Å²) in [5, 5.41) is 0.346. The van der Waals surface area contributed by atoms with E-state index in [4.69, 9.17) is 17.3 Å². The number of hydrogen-bond acceptors (Lipinski definition) is 1. The lowest BCUT2D eigenvalue weighted by Crippen LogP contribution is -2.35. The highest BCUT2D eigenvalue weighted by Gasteiger charge is 2.23. The van der Waals surface area contributed by atoms with Crippen molar-refractivity contribution in [3.8, 4) is 0 Å². The molecule has 1 atom stereocenters. The summed E-state index contributed by atoms with van der Waals surface area (Å²) in [4.78, 5) is 0. The van der Waals surface area contributed by atoms with Crippen LogP contribution >= 0.6 is 11.6 Å². The van der Waals surface area contributed by atoms with Gasteiger partial charge in [0.2, 0.25) is 0 Å². The summed E-state index contributed by atoms with van der Waals surface area (Å²) < 4.78 is 25.9. The molecule has 0 aromatic heterocycles. The second-order valence-electron chi connectivity index (χ2n) is 4.84. The predicted molar refractivity (Wildman–Crippen MR) is 73.1 cm³/mol. The highest BCUT2D eigenvalue weighted by molar-refractivity contribution is 6.31. The van der Waals surface area contributed by atoms with Crippen molar-refractivity contribution in [3.05, 3.63) is 70.2 Å². The Balaban J connectivity index is 2.27. The molecule has 0 aliphatic rings. The first-order chi connectivity index (χ1) is 8.88. The van der Waals surface area contributed by atoms with Crippen molar-refractivity contribution in [2.75, 3.05) is 0 Å². The van der Waals surface area contributed by atoms with Crippen LogP contribution in [-0.4, -0.2) is 0 Å². The largest absolute Gasteiger partial charge is 0.321 e. The van der Waals surface area contributed by atoms with Crippen molar-refractivity contribution in [1.29, 1.82) is 0 Å². The molecule has 0 radical (unpaired) electrons. The molecular formula is C15H14ClF2N. The Morgan fingerprint density at radius 1 is 1.05 bits per heavy atom. The van der Waals surface area contributed by atoms with Crippen LogP contribution in [0.4, 0.5) is 8.78 Å². The maximum atomic E-state index is 13.0. The highest BCUT2D eigenvalue weighted by atomic mass is 35.5. The average molecular weight is 282 g/mol. The van der Waals surface area contributed by atoms with E-state index in [1.807, 2.05) is 6.92 Å². The second-order valence-corrected chi connectivity index (χ2v) is 5.24. The molecule has 100 valence electrons. The Bertz CT molecular complexity index is 579. The van der Waals surface area contributed by atoms with E-state index in [0.717, 1.165) is 11.1 Å². The lowest BCUT2D eigenvalue weighted by Gasteiger charge is -2.26. The molecule has 2 aromatic carbocycles. The van der Waals surface area contributed by atoms with Gasteiger partial charge in [0.15, 0.2) is 0 Å². The van der Waals surface area contributed by atoms with Crippen LogP contribution in [0.25, 0.3) is 0 Å². The van der Waals surface area contributed by atoms with E-state index in [0.29, 0.717) is 11.4 Å². The smallest absolute Gasteiger partial charge is 0.124 e. The van der Waals surface area contributed by atoms with Crippen molar-refractivity contribution < 1.29 is 8.78 Å². The summed E-state index contributed by atoms with van der Waals surface area (Å²) in [6, 6.07) is 10.3. The SMILES string of the molecule is CC(N)(Cc1ccc(F)cc1Cl)c1ccc(F)cc1. The van der Waals surface area contributed by atoms with E-state index in [9.17, 15) is 8.78 Å². The lowest BCUT2D eigenvalue weighted by atomic mass is 9.86. The predicted octanol–water partition coefficient (Wildman–Crippen LogP) is 4.03. The van der Waals surface area contributed by atoms with Crippen molar-refractivity contribution >= 4 is 11.6 Å². The molecule has 2 rings (SSSR count). The van der Waals surface area contributed by atoms with Crippen LogP contribution in [0.1, 0.15) is 18.1 Å². The van der Waals surface area contributed by atoms with E-state index in [-0.39, 0.29) is 11.6 Å². The lowest BCUT2D eigenvalue weighted by molar-refractivity contribution is 0.489. The minimum absolute atomic E-state index is 0.306. The van der Waals surface area contributed by atoms with Gasteiger partial charge in [-0.2, -0.15) is 0 Å². The molecule has 19 heavy (non-hydrogen) atoms. The quantitative estimate of drug-likeness (QED) is 0.903. The van der Waals surface area contributed by atoms with Gasteiger partial charge in [0.1, 0.15) is 11.6 Å². The van der Waals surface area contributed by atoms with E-state index < -0.39 is 5.54 Å². The van der Waals surface area contributed by atoms with Gasteiger partial charge in [-0.05, 0) is 48.7 Å². The topological polar surface area (TPSA) is 26.0 Å². The molecule has 0 bridgehead atoms. The zero-order chi connectivity index (χ0) is 14.0. The van der Waals surface area contributed by atoms with Gasteiger partial charge in [-0.3, -0.25) is 0 Å². The van der Waals surface area contributed by atoms with Crippen molar-refractivity contribution in [2.24, 2.45) is 5.73 Å². The number of hydrogen-bond donors (Lipinski definition) is 1. The Morgan fingerprint density at radius 3 is 2.21 bits per heavy atom. The molecule has 2 N–H and O–H groups in total. The summed E-state index contributed by atoms with van der Waals surface area (Å²) in [5.74, 6) is -0.686. The van der Waals surface area contributed by atoms with Crippen molar-refractivity contribution in [2.45, 2.75) is 18.9 Å². The van der Waals surface area contributed by atoms with E-state index in [2.05, 4.69) is 0 Å². The van der Waals surface area contributed by atoms with Crippen molar-refractivity contribution in [3.63, 3.8) is 0 Å². The summed E-state index contributed by atoms with van der Waals surface area (Å²) in [6.07, 6.45) is 0.442. The van der Waals surface area contributed by atoms with Crippen LogP contribution < -0.4 is 5.73 Å². The van der Waals surface area contributed by atoms with E-state index in [1.165, 1.54) is 24.3 Å². The molecule has 2 aromatic rings. The number of benzene rings is 2. The summed E-state index contributed by atoms with van der Waals surface area (Å²) >= 11 is 5.99. The molecule has 4 heteroatoms. The molecule has 0 aliphatic heterocycles. The van der Waals surface area contributed by atoms with Crippen LogP contribution in [0.5, 0.6) is 0 Å². The fourth-order valence-corrected chi connectivity index (χ4v) is 2.23. The van der Waals surface area contributed by atoms with E-state index >= 15 is 0 Å². The molecule has 1 unspecified atom stereocenters. The molecule has 0 aliphatic carbocycles. The first-order valence-corrected chi connectivity index (χ1v) is 6.25. The second kappa shape index (κ2) is 5.27. The fourth-order valence-electron chi connectivity index (χ4n) is 1.99. The van der Waals surface area contributed by atoms with Gasteiger partial charge in [-0.25, -0.2) is 8.78 Å². The third kappa shape index (κ3) is 3.31. The molecule has 1 nitrogen and oxygen atoms in total. The molecule has 0 saturated heterocycles. The maximum Gasteiger partial charge on any atom is 0.124 e. The minimum Gasteiger partial charge on any atom is -0.321 e. The van der Waals surface area contributed by atoms with Gasteiger partial charge < -0.3 is 5.73 Å². The van der Waals surface area contributed by atoms with Gasteiger partial charge in [-0.15, -0.1) is 0 Å².